The van der Waals surface area contributed by atoms with Gasteiger partial charge in [-0.25, -0.2) is 0 Å². The van der Waals surface area contributed by atoms with E-state index in [0.717, 1.165) is 18.5 Å². The van der Waals surface area contributed by atoms with Crippen LogP contribution in [0.2, 0.25) is 0 Å². The minimum absolute atomic E-state index is 0.0198. The average Bonchev–Trinajstić information content (AvgIpc) is 3.20. The number of nitrogens with zero attached hydrogens (tertiary/aromatic N) is 5. The highest BCUT2D eigenvalue weighted by molar-refractivity contribution is 5.92. The molecule has 2 amide bonds. The van der Waals surface area contributed by atoms with Gasteiger partial charge in [0.05, 0.1) is 18.8 Å². The topological polar surface area (TPSA) is 106 Å². The van der Waals surface area contributed by atoms with Gasteiger partial charge in [0, 0.05) is 19.9 Å². The molecule has 9 nitrogen and oxygen atoms in total. The highest BCUT2D eigenvalue weighted by Crippen LogP contribution is 2.15. The summed E-state index contributed by atoms with van der Waals surface area (Å²) in [5, 5.41) is 11.0. The third-order valence-corrected chi connectivity index (χ3v) is 4.15. The zero-order valence-electron chi connectivity index (χ0n) is 14.7. The molecule has 0 bridgehead atoms. The first-order valence-corrected chi connectivity index (χ1v) is 8.43. The van der Waals surface area contributed by atoms with Crippen LogP contribution < -0.4 is 5.32 Å². The molecule has 2 aromatic heterocycles. The summed E-state index contributed by atoms with van der Waals surface area (Å²) >= 11 is 0. The van der Waals surface area contributed by atoms with Crippen molar-refractivity contribution in [2.24, 2.45) is 0 Å². The van der Waals surface area contributed by atoms with Crippen molar-refractivity contribution < 1.29 is 14.1 Å². The summed E-state index contributed by atoms with van der Waals surface area (Å²) in [6, 6.07) is 1.31. The zero-order valence-corrected chi connectivity index (χ0v) is 14.7. The molecule has 0 saturated heterocycles. The van der Waals surface area contributed by atoms with Gasteiger partial charge in [-0.3, -0.25) is 14.3 Å². The summed E-state index contributed by atoms with van der Waals surface area (Å²) in [5.41, 5.74) is 1.17. The Morgan fingerprint density at radius 3 is 2.92 bits per heavy atom. The number of carbonyl (C=O) groups is 2. The molecule has 0 spiro atoms. The minimum atomic E-state index is -0.405. The van der Waals surface area contributed by atoms with E-state index in [1.54, 1.807) is 29.5 Å². The van der Waals surface area contributed by atoms with Gasteiger partial charge >= 0.3 is 0 Å². The lowest BCUT2D eigenvalue weighted by Gasteiger charge is -2.26. The van der Waals surface area contributed by atoms with Gasteiger partial charge in [-0.1, -0.05) is 12.1 Å². The van der Waals surface area contributed by atoms with Crippen LogP contribution in [0.4, 0.5) is 0 Å². The molecule has 1 N–H and O–H groups in total. The van der Waals surface area contributed by atoms with E-state index in [1.165, 1.54) is 0 Å². The van der Waals surface area contributed by atoms with Crippen LogP contribution in [0.1, 0.15) is 61.1 Å². The standard InChI is InChI=1S/C16H22N6O3/c1-4-5-14-18-16(25-20-14)10(2)17-15(24)13-8-12-9-21(11(3)23)6-7-22(12)19-13/h8,10H,4-7,9H2,1-3H3,(H,17,24)/t10-/m0/s1. The van der Waals surface area contributed by atoms with Crippen LogP contribution in [-0.2, 0) is 24.3 Å². The van der Waals surface area contributed by atoms with Crippen LogP contribution in [0.5, 0.6) is 0 Å². The second-order valence-corrected chi connectivity index (χ2v) is 6.18. The van der Waals surface area contributed by atoms with Gasteiger partial charge in [-0.15, -0.1) is 0 Å². The molecule has 25 heavy (non-hydrogen) atoms. The molecule has 0 aliphatic carbocycles. The third kappa shape index (κ3) is 3.70. The lowest BCUT2D eigenvalue weighted by molar-refractivity contribution is -0.130. The predicted molar refractivity (Wildman–Crippen MR) is 87.5 cm³/mol. The van der Waals surface area contributed by atoms with E-state index >= 15 is 0 Å². The van der Waals surface area contributed by atoms with Crippen molar-refractivity contribution in [2.45, 2.75) is 52.7 Å². The Balaban J connectivity index is 1.66. The normalized spacial score (nSPS) is 14.9. The van der Waals surface area contributed by atoms with Gasteiger partial charge < -0.3 is 14.7 Å². The van der Waals surface area contributed by atoms with Crippen molar-refractivity contribution in [3.8, 4) is 0 Å². The fourth-order valence-electron chi connectivity index (χ4n) is 2.75. The lowest BCUT2D eigenvalue weighted by atomic mass is 10.2. The summed E-state index contributed by atoms with van der Waals surface area (Å²) in [5.74, 6) is 0.731. The molecule has 0 radical (unpaired) electrons. The quantitative estimate of drug-likeness (QED) is 0.868. The van der Waals surface area contributed by atoms with E-state index in [0.29, 0.717) is 37.0 Å². The molecule has 0 saturated carbocycles. The Hall–Kier alpha value is -2.71. The third-order valence-electron chi connectivity index (χ3n) is 4.15. The summed E-state index contributed by atoms with van der Waals surface area (Å²) in [6.07, 6.45) is 1.67. The second-order valence-electron chi connectivity index (χ2n) is 6.18. The number of rotatable bonds is 5. The minimum Gasteiger partial charge on any atom is -0.339 e. The van der Waals surface area contributed by atoms with E-state index < -0.39 is 6.04 Å². The number of amides is 2. The molecule has 1 aliphatic heterocycles. The predicted octanol–water partition coefficient (Wildman–Crippen LogP) is 1.07. The molecule has 0 fully saturated rings. The molecule has 0 aromatic carbocycles. The Morgan fingerprint density at radius 1 is 1.40 bits per heavy atom. The van der Waals surface area contributed by atoms with E-state index in [1.807, 2.05) is 6.92 Å². The molecule has 9 heteroatoms. The van der Waals surface area contributed by atoms with Crippen molar-refractivity contribution in [1.82, 2.24) is 30.1 Å². The summed E-state index contributed by atoms with van der Waals surface area (Å²) in [6.45, 7) is 7.02. The summed E-state index contributed by atoms with van der Waals surface area (Å²) in [4.78, 5) is 29.9. The monoisotopic (exact) mass is 346 g/mol. The van der Waals surface area contributed by atoms with Crippen LogP contribution in [0.3, 0.4) is 0 Å². The SMILES string of the molecule is CCCc1noc([C@H](C)NC(=O)c2cc3n(n2)CCN(C(C)=O)C3)n1. The summed E-state index contributed by atoms with van der Waals surface area (Å²) < 4.78 is 6.96. The first-order chi connectivity index (χ1) is 12.0. The maximum Gasteiger partial charge on any atom is 0.272 e. The number of aromatic nitrogens is 4. The Bertz CT molecular complexity index is 781. The number of fused-ring (bicyclic) bond motifs is 1. The first-order valence-electron chi connectivity index (χ1n) is 8.43. The lowest BCUT2D eigenvalue weighted by Crippen LogP contribution is -2.36. The Kier molecular flexibility index (Phi) is 4.82. The van der Waals surface area contributed by atoms with Crippen LogP contribution >= 0.6 is 0 Å². The van der Waals surface area contributed by atoms with Crippen LogP contribution in [0.15, 0.2) is 10.6 Å². The van der Waals surface area contributed by atoms with Crippen molar-refractivity contribution in [2.75, 3.05) is 6.54 Å². The molecular formula is C16H22N6O3. The average molecular weight is 346 g/mol. The fourth-order valence-corrected chi connectivity index (χ4v) is 2.75. The Morgan fingerprint density at radius 2 is 2.20 bits per heavy atom. The van der Waals surface area contributed by atoms with Gasteiger partial charge in [-0.05, 0) is 19.4 Å². The molecule has 3 heterocycles. The van der Waals surface area contributed by atoms with E-state index in [9.17, 15) is 9.59 Å². The number of hydrogen-bond donors (Lipinski definition) is 1. The first kappa shape index (κ1) is 17.1. The zero-order chi connectivity index (χ0) is 18.0. The van der Waals surface area contributed by atoms with Crippen molar-refractivity contribution in [1.29, 1.82) is 0 Å². The van der Waals surface area contributed by atoms with Gasteiger partial charge in [0.25, 0.3) is 5.91 Å². The fraction of sp³-hybridized carbons (Fsp3) is 0.562. The molecular weight excluding hydrogens is 324 g/mol. The van der Waals surface area contributed by atoms with Gasteiger partial charge in [0.2, 0.25) is 11.8 Å². The van der Waals surface area contributed by atoms with Gasteiger partial charge in [0.15, 0.2) is 11.5 Å². The molecule has 3 rings (SSSR count). The molecule has 0 unspecified atom stereocenters. The van der Waals surface area contributed by atoms with Crippen molar-refractivity contribution in [3.63, 3.8) is 0 Å². The summed E-state index contributed by atoms with van der Waals surface area (Å²) in [7, 11) is 0. The number of aryl methyl sites for hydroxylation is 1. The van der Waals surface area contributed by atoms with Crippen LogP contribution in [0, 0.1) is 0 Å². The van der Waals surface area contributed by atoms with Gasteiger partial charge in [0.1, 0.15) is 6.04 Å². The van der Waals surface area contributed by atoms with Crippen LogP contribution in [-0.4, -0.2) is 43.2 Å². The van der Waals surface area contributed by atoms with Crippen LogP contribution in [0.25, 0.3) is 0 Å². The van der Waals surface area contributed by atoms with E-state index in [2.05, 4.69) is 20.6 Å². The number of nitrogens with one attached hydrogen (secondary N) is 1. The van der Waals surface area contributed by atoms with E-state index in [-0.39, 0.29) is 11.8 Å². The molecule has 1 aliphatic rings. The molecule has 1 atom stereocenters. The highest BCUT2D eigenvalue weighted by Gasteiger charge is 2.24. The number of carbonyl (C=O) groups excluding carboxylic acids is 2. The molecule has 2 aromatic rings. The smallest absolute Gasteiger partial charge is 0.272 e. The second kappa shape index (κ2) is 7.04. The highest BCUT2D eigenvalue weighted by atomic mass is 16.5. The van der Waals surface area contributed by atoms with Gasteiger partial charge in [-0.2, -0.15) is 10.1 Å². The largest absolute Gasteiger partial charge is 0.339 e. The maximum atomic E-state index is 12.4. The molecule has 134 valence electrons. The van der Waals surface area contributed by atoms with Crippen molar-refractivity contribution >= 4 is 11.8 Å². The maximum absolute atomic E-state index is 12.4. The van der Waals surface area contributed by atoms with E-state index in [4.69, 9.17) is 4.52 Å². The Labute approximate surface area is 145 Å². The van der Waals surface area contributed by atoms with Crippen molar-refractivity contribution in [3.05, 3.63) is 29.2 Å². The number of hydrogen-bond acceptors (Lipinski definition) is 6.